The molecule has 0 aromatic rings. The largest absolute Gasteiger partial charge is 0.380 e. The Balaban J connectivity index is 1.93. The van der Waals surface area contributed by atoms with Crippen molar-refractivity contribution in [1.29, 1.82) is 0 Å². The lowest BCUT2D eigenvalue weighted by Crippen LogP contribution is -2.52. The number of rotatable bonds is 3. The fourth-order valence-corrected chi connectivity index (χ4v) is 3.33. The summed E-state index contributed by atoms with van der Waals surface area (Å²) < 4.78 is 11.2. The number of methoxy groups -OCH3 is 1. The first-order valence-electron chi connectivity index (χ1n) is 7.07. The highest BCUT2D eigenvalue weighted by Crippen LogP contribution is 2.34. The van der Waals surface area contributed by atoms with Gasteiger partial charge in [0.2, 0.25) is 0 Å². The lowest BCUT2D eigenvalue weighted by molar-refractivity contribution is -0.0639. The predicted molar refractivity (Wildman–Crippen MR) is 69.2 cm³/mol. The molecule has 1 saturated carbocycles. The Hall–Kier alpha value is -0.120. The van der Waals surface area contributed by atoms with Crippen molar-refractivity contribution < 1.29 is 9.47 Å². The summed E-state index contributed by atoms with van der Waals surface area (Å²) >= 11 is 0. The van der Waals surface area contributed by atoms with E-state index in [-0.39, 0.29) is 0 Å². The molecule has 2 fully saturated rings. The molecule has 0 amide bonds. The third-order valence-electron chi connectivity index (χ3n) is 4.56. The third-order valence-corrected chi connectivity index (χ3v) is 4.56. The van der Waals surface area contributed by atoms with Gasteiger partial charge in [-0.1, -0.05) is 13.8 Å². The summed E-state index contributed by atoms with van der Waals surface area (Å²) in [5.41, 5.74) is 0. The van der Waals surface area contributed by atoms with E-state index in [4.69, 9.17) is 9.47 Å². The van der Waals surface area contributed by atoms with Gasteiger partial charge in [-0.3, -0.25) is 4.90 Å². The highest BCUT2D eigenvalue weighted by molar-refractivity contribution is 4.89. The second-order valence-corrected chi connectivity index (χ2v) is 5.81. The number of morpholine rings is 1. The zero-order chi connectivity index (χ0) is 12.3. The molecule has 3 heteroatoms. The average molecular weight is 241 g/mol. The lowest BCUT2D eigenvalue weighted by Gasteiger charge is -2.44. The van der Waals surface area contributed by atoms with E-state index in [0.717, 1.165) is 38.1 Å². The molecule has 0 bridgehead atoms. The molecule has 0 spiro atoms. The van der Waals surface area contributed by atoms with Crippen LogP contribution in [-0.4, -0.2) is 50.5 Å². The van der Waals surface area contributed by atoms with Crippen molar-refractivity contribution in [3.8, 4) is 0 Å². The van der Waals surface area contributed by atoms with Gasteiger partial charge < -0.3 is 9.47 Å². The van der Waals surface area contributed by atoms with Crippen molar-refractivity contribution in [1.82, 2.24) is 4.90 Å². The van der Waals surface area contributed by atoms with Crippen molar-refractivity contribution in [3.63, 3.8) is 0 Å². The fourth-order valence-electron chi connectivity index (χ4n) is 3.33. The molecule has 2 rings (SSSR count). The molecule has 3 unspecified atom stereocenters. The van der Waals surface area contributed by atoms with E-state index >= 15 is 0 Å². The minimum atomic E-state index is 0.425. The van der Waals surface area contributed by atoms with Gasteiger partial charge in [0, 0.05) is 26.2 Å². The van der Waals surface area contributed by atoms with Crippen molar-refractivity contribution in [2.24, 2.45) is 11.8 Å². The summed E-state index contributed by atoms with van der Waals surface area (Å²) in [5.74, 6) is 1.63. The molecule has 0 radical (unpaired) electrons. The normalized spacial score (nSPS) is 36.4. The first kappa shape index (κ1) is 13.3. The Morgan fingerprint density at radius 1 is 1.18 bits per heavy atom. The van der Waals surface area contributed by atoms with Gasteiger partial charge in [0.25, 0.3) is 0 Å². The van der Waals surface area contributed by atoms with Crippen molar-refractivity contribution in [3.05, 3.63) is 0 Å². The minimum Gasteiger partial charge on any atom is -0.380 e. The topological polar surface area (TPSA) is 21.7 Å². The molecule has 3 atom stereocenters. The van der Waals surface area contributed by atoms with Gasteiger partial charge in [-0.25, -0.2) is 0 Å². The van der Waals surface area contributed by atoms with Crippen LogP contribution in [0.1, 0.15) is 33.1 Å². The zero-order valence-corrected chi connectivity index (χ0v) is 11.5. The van der Waals surface area contributed by atoms with E-state index in [0.29, 0.717) is 12.1 Å². The van der Waals surface area contributed by atoms with Gasteiger partial charge in [-0.2, -0.15) is 0 Å². The first-order valence-corrected chi connectivity index (χ1v) is 7.07. The molecular formula is C14H27NO2. The Labute approximate surface area is 105 Å². The molecule has 1 heterocycles. The van der Waals surface area contributed by atoms with Crippen LogP contribution < -0.4 is 0 Å². The van der Waals surface area contributed by atoms with E-state index in [9.17, 15) is 0 Å². The maximum Gasteiger partial charge on any atom is 0.0729 e. The molecule has 1 aliphatic heterocycles. The number of hydrogen-bond acceptors (Lipinski definition) is 3. The summed E-state index contributed by atoms with van der Waals surface area (Å²) in [7, 11) is 1.88. The standard InChI is InChI=1S/C14H27NO2/c1-11(2)12-4-5-13(14(10-12)16-3)15-6-8-17-9-7-15/h11-14H,4-10H2,1-3H3. The molecule has 1 aliphatic carbocycles. The quantitative estimate of drug-likeness (QED) is 0.756. The molecule has 0 N–H and O–H groups in total. The predicted octanol–water partition coefficient (Wildman–Crippen LogP) is 2.16. The van der Waals surface area contributed by atoms with Crippen LogP contribution in [0.5, 0.6) is 0 Å². The van der Waals surface area contributed by atoms with Crippen LogP contribution in [0.4, 0.5) is 0 Å². The molecule has 3 nitrogen and oxygen atoms in total. The summed E-state index contributed by atoms with van der Waals surface area (Å²) in [6, 6.07) is 0.624. The van der Waals surface area contributed by atoms with Gasteiger partial charge in [-0.15, -0.1) is 0 Å². The van der Waals surface area contributed by atoms with Crippen molar-refractivity contribution >= 4 is 0 Å². The smallest absolute Gasteiger partial charge is 0.0729 e. The maximum atomic E-state index is 5.75. The maximum absolute atomic E-state index is 5.75. The van der Waals surface area contributed by atoms with Gasteiger partial charge in [-0.05, 0) is 31.1 Å². The van der Waals surface area contributed by atoms with Crippen LogP contribution in [0.3, 0.4) is 0 Å². The van der Waals surface area contributed by atoms with Gasteiger partial charge in [0.1, 0.15) is 0 Å². The van der Waals surface area contributed by atoms with Crippen LogP contribution in [0, 0.1) is 11.8 Å². The minimum absolute atomic E-state index is 0.425. The van der Waals surface area contributed by atoms with E-state index in [1.165, 1.54) is 19.3 Å². The van der Waals surface area contributed by atoms with E-state index in [2.05, 4.69) is 18.7 Å². The summed E-state index contributed by atoms with van der Waals surface area (Å²) in [6.45, 7) is 8.62. The van der Waals surface area contributed by atoms with E-state index in [1.807, 2.05) is 7.11 Å². The Morgan fingerprint density at radius 2 is 1.88 bits per heavy atom. The van der Waals surface area contributed by atoms with Gasteiger partial charge in [0.15, 0.2) is 0 Å². The van der Waals surface area contributed by atoms with Crippen LogP contribution in [0.15, 0.2) is 0 Å². The third kappa shape index (κ3) is 3.21. The van der Waals surface area contributed by atoms with Crippen LogP contribution in [0.25, 0.3) is 0 Å². The monoisotopic (exact) mass is 241 g/mol. The van der Waals surface area contributed by atoms with Crippen LogP contribution in [-0.2, 0) is 9.47 Å². The van der Waals surface area contributed by atoms with Gasteiger partial charge >= 0.3 is 0 Å². The Kier molecular flexibility index (Phi) is 4.83. The molecule has 2 aliphatic rings. The average Bonchev–Trinajstić information content (AvgIpc) is 2.39. The zero-order valence-electron chi connectivity index (χ0n) is 11.5. The number of nitrogens with zero attached hydrogens (tertiary/aromatic N) is 1. The lowest BCUT2D eigenvalue weighted by atomic mass is 9.77. The SMILES string of the molecule is COC1CC(C(C)C)CCC1N1CCOCC1. The Bertz CT molecular complexity index is 226. The van der Waals surface area contributed by atoms with Crippen LogP contribution >= 0.6 is 0 Å². The number of ether oxygens (including phenoxy) is 2. The second-order valence-electron chi connectivity index (χ2n) is 5.81. The van der Waals surface area contributed by atoms with Gasteiger partial charge in [0.05, 0.1) is 19.3 Å². The Morgan fingerprint density at radius 3 is 2.47 bits per heavy atom. The molecule has 0 aromatic heterocycles. The van der Waals surface area contributed by atoms with Crippen LogP contribution in [0.2, 0.25) is 0 Å². The van der Waals surface area contributed by atoms with Crippen molar-refractivity contribution in [2.75, 3.05) is 33.4 Å². The number of hydrogen-bond donors (Lipinski definition) is 0. The van der Waals surface area contributed by atoms with E-state index in [1.54, 1.807) is 0 Å². The summed E-state index contributed by atoms with van der Waals surface area (Å²) in [5, 5.41) is 0. The summed E-state index contributed by atoms with van der Waals surface area (Å²) in [6.07, 6.45) is 4.31. The molecule has 0 aromatic carbocycles. The molecule has 17 heavy (non-hydrogen) atoms. The molecule has 1 saturated heterocycles. The first-order chi connectivity index (χ1) is 8.22. The fraction of sp³-hybridized carbons (Fsp3) is 1.00. The highest BCUT2D eigenvalue weighted by atomic mass is 16.5. The van der Waals surface area contributed by atoms with Crippen molar-refractivity contribution in [2.45, 2.75) is 45.3 Å². The molecular weight excluding hydrogens is 214 g/mol. The summed E-state index contributed by atoms with van der Waals surface area (Å²) in [4.78, 5) is 2.58. The molecule has 100 valence electrons. The van der Waals surface area contributed by atoms with E-state index < -0.39 is 0 Å². The second kappa shape index (κ2) is 6.17. The highest BCUT2D eigenvalue weighted by Gasteiger charge is 2.35.